The highest BCUT2D eigenvalue weighted by atomic mass is 16.5. The van der Waals surface area contributed by atoms with Gasteiger partial charge in [-0.25, -0.2) is 14.8 Å². The van der Waals surface area contributed by atoms with E-state index in [2.05, 4.69) is 20.6 Å². The van der Waals surface area contributed by atoms with Gasteiger partial charge in [-0.2, -0.15) is 10.5 Å². The van der Waals surface area contributed by atoms with Crippen LogP contribution in [0.25, 0.3) is 0 Å². The first kappa shape index (κ1) is 18.3. The maximum Gasteiger partial charge on any atom is 0.335 e. The second-order valence-electron chi connectivity index (χ2n) is 5.66. The Morgan fingerprint density at radius 2 is 2.14 bits per heavy atom. The van der Waals surface area contributed by atoms with Crippen molar-refractivity contribution in [2.24, 2.45) is 4.99 Å². The van der Waals surface area contributed by atoms with E-state index in [0.29, 0.717) is 16.9 Å². The first-order valence-corrected chi connectivity index (χ1v) is 7.81. The molecule has 28 heavy (non-hydrogen) atoms. The number of guanidine groups is 1. The van der Waals surface area contributed by atoms with E-state index in [-0.39, 0.29) is 34.4 Å². The lowest BCUT2D eigenvalue weighted by Gasteiger charge is -2.27. The highest BCUT2D eigenvalue weighted by Gasteiger charge is 2.31. The van der Waals surface area contributed by atoms with Crippen LogP contribution in [0.1, 0.15) is 33.1 Å². The predicted molar refractivity (Wildman–Crippen MR) is 99.4 cm³/mol. The minimum atomic E-state index is -1.14. The van der Waals surface area contributed by atoms with Crippen LogP contribution in [0.2, 0.25) is 0 Å². The lowest BCUT2D eigenvalue weighted by molar-refractivity contribution is 0.0696. The van der Waals surface area contributed by atoms with Crippen LogP contribution in [-0.4, -0.2) is 29.1 Å². The van der Waals surface area contributed by atoms with Gasteiger partial charge in [0.2, 0.25) is 5.96 Å². The zero-order chi connectivity index (χ0) is 20.4. The number of aromatic nitrogens is 1. The fourth-order valence-corrected chi connectivity index (χ4v) is 2.89. The molecule has 11 nitrogen and oxygen atoms in total. The molecule has 11 heteroatoms. The topological polar surface area (TPSA) is 195 Å². The van der Waals surface area contributed by atoms with Crippen molar-refractivity contribution in [2.45, 2.75) is 6.04 Å². The molecular formula is C17H14N8O3. The minimum Gasteiger partial charge on any atom is -0.496 e. The molecule has 0 aliphatic carbocycles. The Hall–Kier alpha value is -4.51. The van der Waals surface area contributed by atoms with E-state index in [1.54, 1.807) is 6.19 Å². The van der Waals surface area contributed by atoms with Crippen molar-refractivity contribution in [1.29, 1.82) is 10.5 Å². The number of nitrogen functional groups attached to an aromatic ring is 2. The number of nitrogens with two attached hydrogens (primary N) is 2. The summed E-state index contributed by atoms with van der Waals surface area (Å²) in [4.78, 5) is 19.9. The first-order valence-electron chi connectivity index (χ1n) is 7.81. The van der Waals surface area contributed by atoms with Gasteiger partial charge in [-0.05, 0) is 18.2 Å². The van der Waals surface area contributed by atoms with Crippen LogP contribution in [0.4, 0.5) is 17.3 Å². The Balaban J connectivity index is 2.32. The molecule has 1 aliphatic rings. The summed E-state index contributed by atoms with van der Waals surface area (Å²) in [6, 6.07) is 5.25. The molecule has 140 valence electrons. The van der Waals surface area contributed by atoms with Crippen molar-refractivity contribution in [3.63, 3.8) is 0 Å². The number of carboxylic acid groups (broad SMARTS) is 1. The van der Waals surface area contributed by atoms with Gasteiger partial charge in [0.15, 0.2) is 6.19 Å². The van der Waals surface area contributed by atoms with E-state index >= 15 is 0 Å². The van der Waals surface area contributed by atoms with Gasteiger partial charge in [0.05, 0.1) is 18.4 Å². The maximum atomic E-state index is 11.4. The Labute approximate surface area is 158 Å². The van der Waals surface area contributed by atoms with Crippen LogP contribution in [0.15, 0.2) is 23.2 Å². The number of nitrogens with zero attached hydrogens (tertiary/aromatic N) is 4. The van der Waals surface area contributed by atoms with Crippen molar-refractivity contribution in [3.05, 3.63) is 40.5 Å². The number of carboxylic acids is 1. The molecule has 0 fully saturated rings. The van der Waals surface area contributed by atoms with Crippen molar-refractivity contribution >= 4 is 29.3 Å². The molecule has 0 amide bonds. The van der Waals surface area contributed by atoms with Crippen molar-refractivity contribution in [2.75, 3.05) is 23.9 Å². The zero-order valence-corrected chi connectivity index (χ0v) is 14.5. The van der Waals surface area contributed by atoms with E-state index < -0.39 is 12.0 Å². The van der Waals surface area contributed by atoms with E-state index in [1.807, 2.05) is 6.07 Å². The van der Waals surface area contributed by atoms with E-state index in [4.69, 9.17) is 21.5 Å². The Morgan fingerprint density at radius 3 is 2.75 bits per heavy atom. The maximum absolute atomic E-state index is 11.4. The molecule has 1 aromatic heterocycles. The summed E-state index contributed by atoms with van der Waals surface area (Å²) in [5, 5.41) is 32.8. The third-order valence-electron chi connectivity index (χ3n) is 4.13. The van der Waals surface area contributed by atoms with Gasteiger partial charge in [0.25, 0.3) is 0 Å². The zero-order valence-electron chi connectivity index (χ0n) is 14.5. The molecule has 2 aromatic rings. The lowest BCUT2D eigenvalue weighted by Crippen LogP contribution is -2.33. The summed E-state index contributed by atoms with van der Waals surface area (Å²) in [6.07, 6.45) is 1.74. The molecule has 3 rings (SSSR count). The molecule has 0 saturated carbocycles. The number of aromatic carboxylic acids is 1. The van der Waals surface area contributed by atoms with Crippen LogP contribution < -0.4 is 26.8 Å². The normalized spacial score (nSPS) is 14.5. The van der Waals surface area contributed by atoms with Crippen LogP contribution in [0, 0.1) is 22.8 Å². The number of fused-ring (bicyclic) bond motifs is 1. The average molecular weight is 378 g/mol. The highest BCUT2D eigenvalue weighted by molar-refractivity contribution is 5.98. The number of hydrogen-bond acceptors (Lipinski definition) is 10. The average Bonchev–Trinajstić information content (AvgIpc) is 2.67. The standard InChI is InChI=1S/C17H14N8O3/c1-28-10-3-2-7(16(26)27)4-8(10)13-11-12(20)9(5-18)14(21)24-15(11)25-17(23-13)22-6-19/h2-4,13H,1H3,(H,26,27)(H6,20,21,22,23,24,25). The van der Waals surface area contributed by atoms with E-state index in [9.17, 15) is 15.2 Å². The molecule has 0 radical (unpaired) electrons. The molecule has 2 heterocycles. The van der Waals surface area contributed by atoms with Gasteiger partial charge in [0.1, 0.15) is 35.1 Å². The number of aliphatic imine (C=N–C) groups is 1. The van der Waals surface area contributed by atoms with Gasteiger partial charge >= 0.3 is 5.97 Å². The van der Waals surface area contributed by atoms with E-state index in [0.717, 1.165) is 0 Å². The molecule has 7 N–H and O–H groups in total. The number of carbonyl (C=O) groups is 1. The molecule has 1 unspecified atom stereocenters. The molecule has 1 aliphatic heterocycles. The summed E-state index contributed by atoms with van der Waals surface area (Å²) < 4.78 is 5.34. The van der Waals surface area contributed by atoms with Gasteiger partial charge in [-0.3, -0.25) is 5.32 Å². The van der Waals surface area contributed by atoms with Crippen LogP contribution in [0.5, 0.6) is 5.75 Å². The van der Waals surface area contributed by atoms with Gasteiger partial charge in [-0.1, -0.05) is 0 Å². The SMILES string of the molecule is COc1ccc(C(=O)O)cc1C1N=C(NC#N)Nc2nc(N)c(C#N)c(N)c21. The number of hydrogen-bond donors (Lipinski definition) is 5. The number of rotatable bonds is 3. The number of pyridine rings is 1. The summed E-state index contributed by atoms with van der Waals surface area (Å²) in [7, 11) is 1.42. The number of methoxy groups -OCH3 is 1. The second kappa shape index (κ2) is 7.01. The Morgan fingerprint density at radius 1 is 1.39 bits per heavy atom. The van der Waals surface area contributed by atoms with Gasteiger partial charge < -0.3 is 26.6 Å². The number of nitrogens with one attached hydrogen (secondary N) is 2. The molecule has 0 saturated heterocycles. The van der Waals surface area contributed by atoms with Crippen LogP contribution in [0.3, 0.4) is 0 Å². The van der Waals surface area contributed by atoms with Crippen molar-refractivity contribution < 1.29 is 14.6 Å². The van der Waals surface area contributed by atoms with Crippen LogP contribution in [-0.2, 0) is 0 Å². The van der Waals surface area contributed by atoms with Crippen LogP contribution >= 0.6 is 0 Å². The summed E-state index contributed by atoms with van der Waals surface area (Å²) in [5.74, 6) is -0.640. The third kappa shape index (κ3) is 2.93. The number of anilines is 3. The second-order valence-corrected chi connectivity index (χ2v) is 5.66. The monoisotopic (exact) mass is 378 g/mol. The molecule has 0 spiro atoms. The van der Waals surface area contributed by atoms with Gasteiger partial charge in [0, 0.05) is 11.1 Å². The molecule has 0 bridgehead atoms. The quantitative estimate of drug-likeness (QED) is 0.375. The number of nitriles is 2. The minimum absolute atomic E-state index is 0.00311. The van der Waals surface area contributed by atoms with Gasteiger partial charge in [-0.15, -0.1) is 0 Å². The summed E-state index contributed by atoms with van der Waals surface area (Å²) in [6.45, 7) is 0. The van der Waals surface area contributed by atoms with Crippen molar-refractivity contribution in [1.82, 2.24) is 10.3 Å². The molecule has 1 atom stereocenters. The van der Waals surface area contributed by atoms with Crippen molar-refractivity contribution in [3.8, 4) is 18.0 Å². The number of ether oxygens (including phenoxy) is 1. The Bertz CT molecular complexity index is 1100. The van der Waals surface area contributed by atoms with E-state index in [1.165, 1.54) is 25.3 Å². The lowest BCUT2D eigenvalue weighted by atomic mass is 9.93. The third-order valence-corrected chi connectivity index (χ3v) is 4.13. The largest absolute Gasteiger partial charge is 0.496 e. The first-order chi connectivity index (χ1) is 13.4. The highest BCUT2D eigenvalue weighted by Crippen LogP contribution is 2.43. The summed E-state index contributed by atoms with van der Waals surface area (Å²) >= 11 is 0. The molecular weight excluding hydrogens is 364 g/mol. The number of benzene rings is 1. The Kier molecular flexibility index (Phi) is 4.58. The molecule has 1 aromatic carbocycles. The smallest absolute Gasteiger partial charge is 0.335 e. The summed E-state index contributed by atoms with van der Waals surface area (Å²) in [5.41, 5.74) is 12.7. The fourth-order valence-electron chi connectivity index (χ4n) is 2.89. The predicted octanol–water partition coefficient (Wildman–Crippen LogP) is 0.766. The fraction of sp³-hybridized carbons (Fsp3) is 0.118.